The second kappa shape index (κ2) is 4.64. The van der Waals surface area contributed by atoms with Gasteiger partial charge in [-0.25, -0.2) is 9.78 Å². The van der Waals surface area contributed by atoms with Crippen LogP contribution in [0.1, 0.15) is 15.4 Å². The van der Waals surface area contributed by atoms with Crippen LogP contribution in [0.4, 0.5) is 0 Å². The second-order valence-electron chi connectivity index (χ2n) is 3.37. The molecule has 1 N–H and O–H groups in total. The molecule has 0 aliphatic rings. The van der Waals surface area contributed by atoms with Crippen molar-refractivity contribution in [3.05, 3.63) is 38.8 Å². The first-order valence-electron chi connectivity index (χ1n) is 4.65. The first-order valence-corrected chi connectivity index (χ1v) is 6.22. The average molecular weight is 288 g/mol. The molecule has 2 rings (SSSR count). The molecule has 0 bridgehead atoms. The number of hydrogen-bond acceptors (Lipinski definition) is 3. The zero-order chi connectivity index (χ0) is 12.6. The minimum Gasteiger partial charge on any atom is -0.477 e. The Hall–Kier alpha value is -1.10. The highest BCUT2D eigenvalue weighted by atomic mass is 35.5. The van der Waals surface area contributed by atoms with Crippen LogP contribution >= 0.6 is 34.5 Å². The van der Waals surface area contributed by atoms with E-state index in [1.165, 1.54) is 0 Å². The molecule has 1 aromatic heterocycles. The van der Waals surface area contributed by atoms with Crippen LogP contribution in [0.5, 0.6) is 0 Å². The van der Waals surface area contributed by atoms with E-state index in [0.717, 1.165) is 16.9 Å². The van der Waals surface area contributed by atoms with Gasteiger partial charge in [0.15, 0.2) is 0 Å². The predicted molar refractivity (Wildman–Crippen MR) is 69.3 cm³/mol. The van der Waals surface area contributed by atoms with E-state index in [4.69, 9.17) is 28.3 Å². The van der Waals surface area contributed by atoms with Crippen LogP contribution in [0.25, 0.3) is 10.6 Å². The van der Waals surface area contributed by atoms with Gasteiger partial charge in [0.25, 0.3) is 0 Å². The van der Waals surface area contributed by atoms with Crippen LogP contribution in [-0.2, 0) is 0 Å². The summed E-state index contributed by atoms with van der Waals surface area (Å²) in [6, 6.07) is 5.10. The van der Waals surface area contributed by atoms with E-state index in [-0.39, 0.29) is 4.88 Å². The number of carboxylic acids is 1. The summed E-state index contributed by atoms with van der Waals surface area (Å²) in [5.74, 6) is -0.966. The van der Waals surface area contributed by atoms with Crippen molar-refractivity contribution in [3.63, 3.8) is 0 Å². The maximum Gasteiger partial charge on any atom is 0.347 e. The number of carbonyl (C=O) groups is 1. The highest BCUT2D eigenvalue weighted by Gasteiger charge is 2.15. The molecule has 17 heavy (non-hydrogen) atoms. The highest BCUT2D eigenvalue weighted by Crippen LogP contribution is 2.32. The average Bonchev–Trinajstić information content (AvgIpc) is 2.64. The Morgan fingerprint density at radius 3 is 2.59 bits per heavy atom. The molecule has 0 aliphatic heterocycles. The fourth-order valence-electron chi connectivity index (χ4n) is 1.35. The van der Waals surface area contributed by atoms with Crippen molar-refractivity contribution in [2.24, 2.45) is 0 Å². The van der Waals surface area contributed by atoms with Crippen LogP contribution in [-0.4, -0.2) is 16.1 Å². The molecule has 1 aromatic carbocycles. The van der Waals surface area contributed by atoms with Gasteiger partial charge < -0.3 is 5.11 Å². The summed E-state index contributed by atoms with van der Waals surface area (Å²) in [6.07, 6.45) is 0. The molecular weight excluding hydrogens is 281 g/mol. The van der Waals surface area contributed by atoms with Gasteiger partial charge in [0.05, 0.1) is 15.7 Å². The van der Waals surface area contributed by atoms with Crippen molar-refractivity contribution in [2.45, 2.75) is 6.92 Å². The number of hydrogen-bond donors (Lipinski definition) is 1. The molecular formula is C11H7Cl2NO2S. The molecule has 88 valence electrons. The number of carboxylic acid groups (broad SMARTS) is 1. The largest absolute Gasteiger partial charge is 0.477 e. The van der Waals surface area contributed by atoms with Gasteiger partial charge in [-0.1, -0.05) is 29.3 Å². The molecule has 0 spiro atoms. The molecule has 3 nitrogen and oxygen atoms in total. The van der Waals surface area contributed by atoms with E-state index in [1.54, 1.807) is 25.1 Å². The highest BCUT2D eigenvalue weighted by molar-refractivity contribution is 7.17. The van der Waals surface area contributed by atoms with Crippen molar-refractivity contribution in [2.75, 3.05) is 0 Å². The smallest absolute Gasteiger partial charge is 0.347 e. The fourth-order valence-corrected chi connectivity index (χ4v) is 2.55. The lowest BCUT2D eigenvalue weighted by molar-refractivity contribution is 0.0701. The first-order chi connectivity index (χ1) is 7.99. The number of nitrogens with zero attached hydrogens (tertiary/aromatic N) is 1. The Labute approximate surface area is 112 Å². The predicted octanol–water partition coefficient (Wildman–Crippen LogP) is 4.12. The lowest BCUT2D eigenvalue weighted by Crippen LogP contribution is -1.94. The number of halogens is 2. The molecule has 0 amide bonds. The molecule has 6 heteroatoms. The Morgan fingerprint density at radius 2 is 2.06 bits per heavy atom. The Morgan fingerprint density at radius 1 is 1.35 bits per heavy atom. The normalized spacial score (nSPS) is 10.5. The van der Waals surface area contributed by atoms with Gasteiger partial charge in [-0.3, -0.25) is 0 Å². The summed E-state index contributed by atoms with van der Waals surface area (Å²) in [7, 11) is 0. The van der Waals surface area contributed by atoms with Crippen LogP contribution in [0.15, 0.2) is 18.2 Å². The van der Waals surface area contributed by atoms with Gasteiger partial charge in [0.2, 0.25) is 0 Å². The Kier molecular flexibility index (Phi) is 3.38. The molecule has 0 unspecified atom stereocenters. The summed E-state index contributed by atoms with van der Waals surface area (Å²) >= 11 is 12.8. The fraction of sp³-hybridized carbons (Fsp3) is 0.0909. The summed E-state index contributed by atoms with van der Waals surface area (Å²) in [5, 5.41) is 10.5. The summed E-state index contributed by atoms with van der Waals surface area (Å²) in [4.78, 5) is 15.4. The molecule has 0 atom stereocenters. The summed E-state index contributed by atoms with van der Waals surface area (Å²) in [5.41, 5.74) is 1.27. The number of rotatable bonds is 2. The van der Waals surface area contributed by atoms with E-state index in [2.05, 4.69) is 4.98 Å². The number of aromatic carboxylic acids is 1. The third-order valence-corrected chi connectivity index (χ3v) is 4.09. The van der Waals surface area contributed by atoms with Gasteiger partial charge in [0.1, 0.15) is 9.88 Å². The van der Waals surface area contributed by atoms with Crippen LogP contribution in [0.2, 0.25) is 10.0 Å². The molecule has 2 aromatic rings. The van der Waals surface area contributed by atoms with Crippen molar-refractivity contribution in [3.8, 4) is 10.6 Å². The molecule has 0 saturated heterocycles. The van der Waals surface area contributed by atoms with E-state index in [0.29, 0.717) is 20.7 Å². The maximum atomic E-state index is 10.9. The summed E-state index contributed by atoms with van der Waals surface area (Å²) in [6.45, 7) is 1.67. The van der Waals surface area contributed by atoms with Gasteiger partial charge in [0, 0.05) is 5.56 Å². The molecule has 0 saturated carbocycles. The third-order valence-electron chi connectivity index (χ3n) is 2.16. The molecule has 0 radical (unpaired) electrons. The van der Waals surface area contributed by atoms with Crippen molar-refractivity contribution >= 4 is 40.5 Å². The Bertz CT molecular complexity index is 595. The van der Waals surface area contributed by atoms with Crippen LogP contribution in [0.3, 0.4) is 0 Å². The number of benzene rings is 1. The van der Waals surface area contributed by atoms with Gasteiger partial charge in [-0.2, -0.15) is 0 Å². The number of thiazole rings is 1. The van der Waals surface area contributed by atoms with Crippen molar-refractivity contribution < 1.29 is 9.90 Å². The zero-order valence-electron chi connectivity index (χ0n) is 8.70. The molecule has 0 fully saturated rings. The van der Waals surface area contributed by atoms with E-state index >= 15 is 0 Å². The van der Waals surface area contributed by atoms with Gasteiger partial charge in [-0.05, 0) is 19.1 Å². The maximum absolute atomic E-state index is 10.9. The van der Waals surface area contributed by atoms with Crippen molar-refractivity contribution in [1.29, 1.82) is 0 Å². The first kappa shape index (κ1) is 12.4. The minimum absolute atomic E-state index is 0.242. The second-order valence-corrected chi connectivity index (χ2v) is 5.18. The van der Waals surface area contributed by atoms with E-state index in [9.17, 15) is 4.79 Å². The Balaban J connectivity index is 2.50. The number of aromatic nitrogens is 1. The summed E-state index contributed by atoms with van der Waals surface area (Å²) < 4.78 is 0. The third kappa shape index (κ3) is 2.44. The number of aryl methyl sites for hydroxylation is 1. The van der Waals surface area contributed by atoms with Crippen molar-refractivity contribution in [1.82, 2.24) is 4.98 Å². The molecule has 0 aliphatic carbocycles. The van der Waals surface area contributed by atoms with Gasteiger partial charge in [-0.15, -0.1) is 11.3 Å². The quantitative estimate of drug-likeness (QED) is 0.904. The SMILES string of the molecule is Cc1nc(-c2ccc(Cl)c(Cl)c2)sc1C(=O)O. The monoisotopic (exact) mass is 287 g/mol. The van der Waals surface area contributed by atoms with Gasteiger partial charge >= 0.3 is 5.97 Å². The zero-order valence-corrected chi connectivity index (χ0v) is 11.0. The topological polar surface area (TPSA) is 50.2 Å². The lowest BCUT2D eigenvalue weighted by atomic mass is 10.2. The van der Waals surface area contributed by atoms with E-state index < -0.39 is 5.97 Å². The van der Waals surface area contributed by atoms with E-state index in [1.807, 2.05) is 0 Å². The van der Waals surface area contributed by atoms with Crippen LogP contribution in [0, 0.1) is 6.92 Å². The molecule has 1 heterocycles. The standard InChI is InChI=1S/C11H7Cl2NO2S/c1-5-9(11(15)16)17-10(14-5)6-2-3-7(12)8(13)4-6/h2-4H,1H3,(H,15,16). The minimum atomic E-state index is -0.966. The lowest BCUT2D eigenvalue weighted by Gasteiger charge is -1.98. The van der Waals surface area contributed by atoms with Crippen LogP contribution < -0.4 is 0 Å².